The smallest absolute Gasteiger partial charge is 0.0953 e. The van der Waals surface area contributed by atoms with Crippen molar-refractivity contribution < 1.29 is 0 Å². The maximum Gasteiger partial charge on any atom is 0.0953 e. The molecule has 21 heavy (non-hydrogen) atoms. The van der Waals surface area contributed by atoms with Crippen LogP contribution in [-0.2, 0) is 13.0 Å². The monoisotopic (exact) mass is 303 g/mol. The number of rotatable bonds is 8. The Kier molecular flexibility index (Phi) is 6.36. The molecule has 0 saturated carbocycles. The molecule has 1 aromatic heterocycles. The van der Waals surface area contributed by atoms with E-state index < -0.39 is 0 Å². The van der Waals surface area contributed by atoms with Crippen LogP contribution in [-0.4, -0.2) is 29.5 Å². The van der Waals surface area contributed by atoms with Gasteiger partial charge in [-0.05, 0) is 12.0 Å². The third-order valence-corrected chi connectivity index (χ3v) is 4.73. The van der Waals surface area contributed by atoms with Crippen molar-refractivity contribution in [2.24, 2.45) is 5.73 Å². The second kappa shape index (κ2) is 8.27. The van der Waals surface area contributed by atoms with Gasteiger partial charge in [-0.1, -0.05) is 44.2 Å². The van der Waals surface area contributed by atoms with E-state index in [9.17, 15) is 0 Å². The number of hydrogen-bond acceptors (Lipinski definition) is 4. The van der Waals surface area contributed by atoms with Crippen molar-refractivity contribution in [1.29, 1.82) is 0 Å². The van der Waals surface area contributed by atoms with Crippen LogP contribution in [0.25, 0.3) is 0 Å². The third-order valence-electron chi connectivity index (χ3n) is 3.45. The summed E-state index contributed by atoms with van der Waals surface area (Å²) in [5.41, 5.74) is 7.13. The van der Waals surface area contributed by atoms with E-state index in [1.807, 2.05) is 17.5 Å². The van der Waals surface area contributed by atoms with Gasteiger partial charge in [0.15, 0.2) is 0 Å². The highest BCUT2D eigenvalue weighted by Crippen LogP contribution is 2.22. The highest BCUT2D eigenvalue weighted by molar-refractivity contribution is 7.11. The number of benzene rings is 1. The Hall–Kier alpha value is -1.23. The fourth-order valence-electron chi connectivity index (χ4n) is 2.27. The number of nitrogens with two attached hydrogens (primary N) is 1. The first kappa shape index (κ1) is 16.1. The summed E-state index contributed by atoms with van der Waals surface area (Å²) in [4.78, 5) is 8.26. The van der Waals surface area contributed by atoms with Crippen LogP contribution in [0.1, 0.15) is 35.2 Å². The molecule has 4 heteroatoms. The lowest BCUT2D eigenvalue weighted by Crippen LogP contribution is -2.30. The quantitative estimate of drug-likeness (QED) is 0.814. The van der Waals surface area contributed by atoms with Crippen LogP contribution in [0, 0.1) is 0 Å². The molecular formula is C17H25N3S. The molecule has 0 aliphatic rings. The van der Waals surface area contributed by atoms with E-state index in [0.717, 1.165) is 26.1 Å². The lowest BCUT2D eigenvalue weighted by molar-refractivity contribution is 0.278. The zero-order valence-electron chi connectivity index (χ0n) is 13.0. The Morgan fingerprint density at radius 1 is 1.19 bits per heavy atom. The summed E-state index contributed by atoms with van der Waals surface area (Å²) in [6, 6.07) is 10.6. The topological polar surface area (TPSA) is 42.2 Å². The van der Waals surface area contributed by atoms with E-state index >= 15 is 0 Å². The number of aromatic nitrogens is 1. The highest BCUT2D eigenvalue weighted by Gasteiger charge is 2.10. The molecule has 0 atom stereocenters. The Bertz CT molecular complexity index is 522. The molecule has 0 bridgehead atoms. The average molecular weight is 303 g/mol. The van der Waals surface area contributed by atoms with Crippen LogP contribution in [0.15, 0.2) is 36.5 Å². The minimum Gasteiger partial charge on any atom is -0.329 e. The zero-order chi connectivity index (χ0) is 15.1. The number of hydrogen-bond donors (Lipinski definition) is 1. The highest BCUT2D eigenvalue weighted by atomic mass is 32.1. The van der Waals surface area contributed by atoms with Gasteiger partial charge in [0.05, 0.1) is 5.01 Å². The molecule has 0 fully saturated rings. The molecular weight excluding hydrogens is 278 g/mol. The van der Waals surface area contributed by atoms with Gasteiger partial charge in [0, 0.05) is 43.2 Å². The first-order valence-corrected chi connectivity index (χ1v) is 8.41. The summed E-state index contributed by atoms with van der Waals surface area (Å²) in [5, 5.41) is 1.22. The van der Waals surface area contributed by atoms with Crippen LogP contribution in [0.3, 0.4) is 0 Å². The molecule has 0 unspecified atom stereocenters. The maximum atomic E-state index is 5.75. The molecule has 2 N–H and O–H groups in total. The van der Waals surface area contributed by atoms with Crippen molar-refractivity contribution in [1.82, 2.24) is 9.88 Å². The molecule has 2 rings (SSSR count). The predicted molar refractivity (Wildman–Crippen MR) is 90.7 cm³/mol. The maximum absolute atomic E-state index is 5.75. The normalized spacial score (nSPS) is 11.5. The first-order chi connectivity index (χ1) is 10.2. The molecule has 0 aliphatic carbocycles. The van der Waals surface area contributed by atoms with Crippen LogP contribution in [0.5, 0.6) is 0 Å². The molecule has 114 valence electrons. The summed E-state index contributed by atoms with van der Waals surface area (Å²) in [6.45, 7) is 8.00. The van der Waals surface area contributed by atoms with Crippen molar-refractivity contribution in [2.45, 2.75) is 32.7 Å². The summed E-state index contributed by atoms with van der Waals surface area (Å²) in [7, 11) is 0. The largest absolute Gasteiger partial charge is 0.329 e. The van der Waals surface area contributed by atoms with E-state index in [1.54, 1.807) is 0 Å². The van der Waals surface area contributed by atoms with Gasteiger partial charge in [-0.15, -0.1) is 11.3 Å². The van der Waals surface area contributed by atoms with Gasteiger partial charge in [0.25, 0.3) is 0 Å². The Balaban J connectivity index is 1.91. The fraction of sp³-hybridized carbons (Fsp3) is 0.471. The van der Waals surface area contributed by atoms with E-state index in [-0.39, 0.29) is 0 Å². The molecule has 0 radical (unpaired) electrons. The summed E-state index contributed by atoms with van der Waals surface area (Å²) in [5.74, 6) is 0.510. The number of nitrogens with zero attached hydrogens (tertiary/aromatic N) is 2. The second-order valence-corrected chi connectivity index (χ2v) is 6.77. The Labute approximate surface area is 131 Å². The molecule has 3 nitrogen and oxygen atoms in total. The lowest BCUT2D eigenvalue weighted by atomic mass is 10.1. The van der Waals surface area contributed by atoms with E-state index in [0.29, 0.717) is 12.5 Å². The van der Waals surface area contributed by atoms with Crippen LogP contribution in [0.4, 0.5) is 0 Å². The van der Waals surface area contributed by atoms with Crippen molar-refractivity contribution >= 4 is 11.3 Å². The van der Waals surface area contributed by atoms with Gasteiger partial charge in [0.1, 0.15) is 0 Å². The van der Waals surface area contributed by atoms with Crippen molar-refractivity contribution in [3.8, 4) is 0 Å². The first-order valence-electron chi connectivity index (χ1n) is 7.60. The molecule has 0 saturated heterocycles. The molecule has 2 aromatic rings. The minimum atomic E-state index is 0.510. The fourth-order valence-corrected chi connectivity index (χ4v) is 3.23. The summed E-state index contributed by atoms with van der Waals surface area (Å²) in [6.07, 6.45) is 3.09. The zero-order valence-corrected chi connectivity index (χ0v) is 13.8. The summed E-state index contributed by atoms with van der Waals surface area (Å²) < 4.78 is 0. The van der Waals surface area contributed by atoms with Crippen molar-refractivity contribution in [3.05, 3.63) is 52.0 Å². The Morgan fingerprint density at radius 3 is 2.57 bits per heavy atom. The SMILES string of the molecule is CC(C)c1ncc(CN(CCN)CCc2ccccc2)s1. The molecule has 0 spiro atoms. The van der Waals surface area contributed by atoms with E-state index in [2.05, 4.69) is 54.1 Å². The van der Waals surface area contributed by atoms with Crippen LogP contribution >= 0.6 is 11.3 Å². The molecule has 1 aromatic carbocycles. The van der Waals surface area contributed by atoms with Gasteiger partial charge in [-0.2, -0.15) is 0 Å². The average Bonchev–Trinajstić information content (AvgIpc) is 2.95. The van der Waals surface area contributed by atoms with E-state index in [4.69, 9.17) is 5.73 Å². The number of thiazole rings is 1. The standard InChI is InChI=1S/C17H25N3S/c1-14(2)17-19-12-16(21-17)13-20(11-9-18)10-8-15-6-4-3-5-7-15/h3-7,12,14H,8-11,13,18H2,1-2H3. The van der Waals surface area contributed by atoms with Crippen molar-refractivity contribution in [3.63, 3.8) is 0 Å². The van der Waals surface area contributed by atoms with Gasteiger partial charge in [0.2, 0.25) is 0 Å². The van der Waals surface area contributed by atoms with E-state index in [1.165, 1.54) is 15.4 Å². The minimum absolute atomic E-state index is 0.510. The van der Waals surface area contributed by atoms with Gasteiger partial charge in [-0.3, -0.25) is 4.90 Å². The predicted octanol–water partition coefficient (Wildman–Crippen LogP) is 3.27. The molecule has 0 amide bonds. The second-order valence-electron chi connectivity index (χ2n) is 5.62. The summed E-state index contributed by atoms with van der Waals surface area (Å²) >= 11 is 1.82. The van der Waals surface area contributed by atoms with Crippen molar-refractivity contribution in [2.75, 3.05) is 19.6 Å². The van der Waals surface area contributed by atoms with Gasteiger partial charge in [-0.25, -0.2) is 4.98 Å². The van der Waals surface area contributed by atoms with Crippen LogP contribution in [0.2, 0.25) is 0 Å². The molecule has 1 heterocycles. The van der Waals surface area contributed by atoms with Crippen LogP contribution < -0.4 is 5.73 Å². The molecule has 0 aliphatic heterocycles. The van der Waals surface area contributed by atoms with Gasteiger partial charge < -0.3 is 5.73 Å². The lowest BCUT2D eigenvalue weighted by Gasteiger charge is -2.20. The third kappa shape index (κ3) is 5.23. The van der Waals surface area contributed by atoms with Gasteiger partial charge >= 0.3 is 0 Å². The Morgan fingerprint density at radius 2 is 1.95 bits per heavy atom.